The second-order valence-electron chi connectivity index (χ2n) is 5.25. The summed E-state index contributed by atoms with van der Waals surface area (Å²) in [5.41, 5.74) is 2.17. The van der Waals surface area contributed by atoms with Crippen molar-refractivity contribution >= 4 is 17.6 Å². The Kier molecular flexibility index (Phi) is 5.50. The van der Waals surface area contributed by atoms with E-state index in [0.717, 1.165) is 33.6 Å². The first kappa shape index (κ1) is 16.4. The third kappa shape index (κ3) is 4.04. The SMILES string of the molecule is CN=C(NCc1cc(C)oc1C)NC(C)c1ccccc1Cl. The van der Waals surface area contributed by atoms with Gasteiger partial charge in [-0.15, -0.1) is 0 Å². The Labute approximate surface area is 136 Å². The van der Waals surface area contributed by atoms with Crippen molar-refractivity contribution in [3.8, 4) is 0 Å². The van der Waals surface area contributed by atoms with Gasteiger partial charge in [-0.2, -0.15) is 0 Å². The summed E-state index contributed by atoms with van der Waals surface area (Å²) >= 11 is 6.23. The summed E-state index contributed by atoms with van der Waals surface area (Å²) in [7, 11) is 1.75. The Hall–Kier alpha value is -1.94. The van der Waals surface area contributed by atoms with Crippen molar-refractivity contribution in [2.75, 3.05) is 7.05 Å². The van der Waals surface area contributed by atoms with Gasteiger partial charge in [0, 0.05) is 24.2 Å². The van der Waals surface area contributed by atoms with Crippen LogP contribution < -0.4 is 10.6 Å². The number of benzene rings is 1. The maximum Gasteiger partial charge on any atom is 0.191 e. The maximum atomic E-state index is 6.23. The van der Waals surface area contributed by atoms with Crippen molar-refractivity contribution in [1.82, 2.24) is 10.6 Å². The molecule has 1 aromatic heterocycles. The predicted octanol–water partition coefficient (Wildman–Crippen LogP) is 3.98. The molecule has 1 aromatic carbocycles. The molecule has 5 heteroatoms. The van der Waals surface area contributed by atoms with Crippen LogP contribution in [0.5, 0.6) is 0 Å². The average Bonchev–Trinajstić information content (AvgIpc) is 2.81. The number of furan rings is 1. The standard InChI is InChI=1S/C17H22ClN3O/c1-11-9-14(13(3)22-11)10-20-17(19-4)21-12(2)15-7-5-6-8-16(15)18/h5-9,12H,10H2,1-4H3,(H2,19,20,21). The first-order valence-electron chi connectivity index (χ1n) is 7.28. The number of nitrogens with zero attached hydrogens (tertiary/aromatic N) is 1. The van der Waals surface area contributed by atoms with Gasteiger partial charge in [-0.05, 0) is 38.5 Å². The van der Waals surface area contributed by atoms with E-state index >= 15 is 0 Å². The maximum absolute atomic E-state index is 6.23. The highest BCUT2D eigenvalue weighted by molar-refractivity contribution is 6.31. The van der Waals surface area contributed by atoms with E-state index in [1.54, 1.807) is 7.05 Å². The highest BCUT2D eigenvalue weighted by Crippen LogP contribution is 2.22. The molecular formula is C17H22ClN3O. The van der Waals surface area contributed by atoms with Crippen molar-refractivity contribution in [1.29, 1.82) is 0 Å². The van der Waals surface area contributed by atoms with Gasteiger partial charge < -0.3 is 15.1 Å². The molecule has 1 heterocycles. The molecule has 0 amide bonds. The quantitative estimate of drug-likeness (QED) is 0.662. The van der Waals surface area contributed by atoms with Gasteiger partial charge in [0.15, 0.2) is 5.96 Å². The van der Waals surface area contributed by atoms with Crippen LogP contribution in [-0.2, 0) is 6.54 Å². The lowest BCUT2D eigenvalue weighted by Gasteiger charge is -2.19. The molecule has 0 bridgehead atoms. The average molecular weight is 320 g/mol. The minimum Gasteiger partial charge on any atom is -0.466 e. The van der Waals surface area contributed by atoms with Gasteiger partial charge >= 0.3 is 0 Å². The first-order chi connectivity index (χ1) is 10.5. The smallest absolute Gasteiger partial charge is 0.191 e. The molecule has 2 aromatic rings. The second-order valence-corrected chi connectivity index (χ2v) is 5.66. The van der Waals surface area contributed by atoms with Gasteiger partial charge in [0.05, 0.1) is 6.04 Å². The van der Waals surface area contributed by atoms with Crippen LogP contribution in [0.3, 0.4) is 0 Å². The van der Waals surface area contributed by atoms with E-state index in [1.807, 2.05) is 44.2 Å². The summed E-state index contributed by atoms with van der Waals surface area (Å²) in [5.74, 6) is 2.58. The molecule has 118 valence electrons. The van der Waals surface area contributed by atoms with E-state index in [4.69, 9.17) is 16.0 Å². The minimum absolute atomic E-state index is 0.0621. The molecule has 0 aliphatic heterocycles. The van der Waals surface area contributed by atoms with E-state index in [9.17, 15) is 0 Å². The molecule has 0 aliphatic rings. The molecule has 1 unspecified atom stereocenters. The van der Waals surface area contributed by atoms with E-state index in [1.165, 1.54) is 0 Å². The van der Waals surface area contributed by atoms with Crippen LogP contribution >= 0.6 is 11.6 Å². The lowest BCUT2D eigenvalue weighted by Crippen LogP contribution is -2.38. The second kappa shape index (κ2) is 7.36. The predicted molar refractivity (Wildman–Crippen MR) is 91.4 cm³/mol. The zero-order valence-electron chi connectivity index (χ0n) is 13.4. The third-order valence-electron chi connectivity index (χ3n) is 3.54. The number of halogens is 1. The lowest BCUT2D eigenvalue weighted by molar-refractivity contribution is 0.500. The summed E-state index contributed by atoms with van der Waals surface area (Å²) in [6.07, 6.45) is 0. The van der Waals surface area contributed by atoms with Crippen molar-refractivity contribution in [3.63, 3.8) is 0 Å². The highest BCUT2D eigenvalue weighted by atomic mass is 35.5. The zero-order valence-corrected chi connectivity index (χ0v) is 14.2. The van der Waals surface area contributed by atoms with Gasteiger partial charge in [-0.3, -0.25) is 4.99 Å². The van der Waals surface area contributed by atoms with Crippen molar-refractivity contribution in [2.24, 2.45) is 4.99 Å². The molecule has 0 aliphatic carbocycles. The van der Waals surface area contributed by atoms with E-state index in [2.05, 4.69) is 22.5 Å². The lowest BCUT2D eigenvalue weighted by atomic mass is 10.1. The van der Waals surface area contributed by atoms with Gasteiger partial charge in [0.1, 0.15) is 11.5 Å². The Morgan fingerprint density at radius 2 is 2.05 bits per heavy atom. The number of guanidine groups is 1. The molecule has 0 saturated heterocycles. The van der Waals surface area contributed by atoms with Crippen molar-refractivity contribution in [3.05, 3.63) is 58.0 Å². The zero-order chi connectivity index (χ0) is 16.1. The molecule has 0 fully saturated rings. The van der Waals surface area contributed by atoms with Crippen LogP contribution in [0.4, 0.5) is 0 Å². The van der Waals surface area contributed by atoms with E-state index < -0.39 is 0 Å². The van der Waals surface area contributed by atoms with Crippen LogP contribution in [0.25, 0.3) is 0 Å². The van der Waals surface area contributed by atoms with Crippen LogP contribution in [0, 0.1) is 13.8 Å². The van der Waals surface area contributed by atoms with Crippen LogP contribution in [-0.4, -0.2) is 13.0 Å². The van der Waals surface area contributed by atoms with Crippen LogP contribution in [0.1, 0.15) is 35.6 Å². The molecule has 1 atom stereocenters. The highest BCUT2D eigenvalue weighted by Gasteiger charge is 2.11. The van der Waals surface area contributed by atoms with E-state index in [-0.39, 0.29) is 6.04 Å². The van der Waals surface area contributed by atoms with Crippen LogP contribution in [0.2, 0.25) is 5.02 Å². The van der Waals surface area contributed by atoms with Crippen LogP contribution in [0.15, 0.2) is 39.7 Å². The van der Waals surface area contributed by atoms with Crippen molar-refractivity contribution in [2.45, 2.75) is 33.4 Å². The number of hydrogen-bond donors (Lipinski definition) is 2. The molecule has 0 radical (unpaired) electrons. The summed E-state index contributed by atoms with van der Waals surface area (Å²) in [6.45, 7) is 6.63. The molecular weight excluding hydrogens is 298 g/mol. The molecule has 0 saturated carbocycles. The van der Waals surface area contributed by atoms with E-state index in [0.29, 0.717) is 6.54 Å². The van der Waals surface area contributed by atoms with Gasteiger partial charge in [-0.1, -0.05) is 29.8 Å². The minimum atomic E-state index is 0.0621. The number of rotatable bonds is 4. The fraction of sp³-hybridized carbons (Fsp3) is 0.353. The monoisotopic (exact) mass is 319 g/mol. The summed E-state index contributed by atoms with van der Waals surface area (Å²) in [6, 6.07) is 9.91. The Morgan fingerprint density at radius 1 is 1.32 bits per heavy atom. The fourth-order valence-electron chi connectivity index (χ4n) is 2.34. The first-order valence-corrected chi connectivity index (χ1v) is 7.66. The molecule has 0 spiro atoms. The van der Waals surface area contributed by atoms with Gasteiger partial charge in [0.2, 0.25) is 0 Å². The topological polar surface area (TPSA) is 49.6 Å². The summed E-state index contributed by atoms with van der Waals surface area (Å²) in [4.78, 5) is 4.26. The largest absolute Gasteiger partial charge is 0.466 e. The van der Waals surface area contributed by atoms with Crippen molar-refractivity contribution < 1.29 is 4.42 Å². The van der Waals surface area contributed by atoms with Gasteiger partial charge in [-0.25, -0.2) is 0 Å². The molecule has 4 nitrogen and oxygen atoms in total. The normalized spacial score (nSPS) is 13.0. The number of hydrogen-bond acceptors (Lipinski definition) is 2. The molecule has 22 heavy (non-hydrogen) atoms. The summed E-state index contributed by atoms with van der Waals surface area (Å²) in [5, 5.41) is 7.39. The number of aryl methyl sites for hydroxylation is 2. The Bertz CT molecular complexity index is 664. The molecule has 2 N–H and O–H groups in total. The third-order valence-corrected chi connectivity index (χ3v) is 3.88. The molecule has 2 rings (SSSR count). The summed E-state index contributed by atoms with van der Waals surface area (Å²) < 4.78 is 5.53. The Morgan fingerprint density at radius 3 is 2.64 bits per heavy atom. The number of nitrogens with one attached hydrogen (secondary N) is 2. The Balaban J connectivity index is 1.98. The number of aliphatic imine (C=N–C) groups is 1. The fourth-order valence-corrected chi connectivity index (χ4v) is 2.64. The van der Waals surface area contributed by atoms with Gasteiger partial charge in [0.25, 0.3) is 0 Å².